The Bertz CT molecular complexity index is 534. The zero-order chi connectivity index (χ0) is 14.0. The van der Waals surface area contributed by atoms with Gasteiger partial charge in [0, 0.05) is 13.1 Å². The Morgan fingerprint density at radius 2 is 1.89 bits per heavy atom. The quantitative estimate of drug-likeness (QED) is 0.847. The molecule has 0 amide bonds. The van der Waals surface area contributed by atoms with Gasteiger partial charge in [-0.1, -0.05) is 12.1 Å². The van der Waals surface area contributed by atoms with Gasteiger partial charge in [-0.3, -0.25) is 0 Å². The molecule has 0 N–H and O–H groups in total. The number of hydrogen-bond donors (Lipinski definition) is 0. The lowest BCUT2D eigenvalue weighted by atomic mass is 10.1. The highest BCUT2D eigenvalue weighted by Crippen LogP contribution is 2.22. The average molecular weight is 282 g/mol. The lowest BCUT2D eigenvalue weighted by Crippen LogP contribution is -2.44. The molecule has 2 rings (SSSR count). The van der Waals surface area contributed by atoms with Crippen LogP contribution in [0.5, 0.6) is 0 Å². The first-order chi connectivity index (χ1) is 8.91. The van der Waals surface area contributed by atoms with E-state index in [4.69, 9.17) is 0 Å². The number of rotatable bonds is 3. The Balaban J connectivity index is 2.20. The van der Waals surface area contributed by atoms with Crippen LogP contribution in [0.15, 0.2) is 29.2 Å². The molecule has 1 aliphatic heterocycles. The van der Waals surface area contributed by atoms with Crippen molar-refractivity contribution < 1.29 is 8.42 Å². The number of benzene rings is 1. The van der Waals surface area contributed by atoms with E-state index in [1.54, 1.807) is 29.6 Å². The minimum absolute atomic E-state index is 0.113. The summed E-state index contributed by atoms with van der Waals surface area (Å²) in [4.78, 5) is 2.64. The fraction of sp³-hybridized carbons (Fsp3) is 0.571. The predicted octanol–water partition coefficient (Wildman–Crippen LogP) is 1.71. The highest BCUT2D eigenvalue weighted by atomic mass is 32.2. The molecule has 1 heterocycles. The van der Waals surface area contributed by atoms with Crippen molar-refractivity contribution in [2.24, 2.45) is 0 Å². The van der Waals surface area contributed by atoms with E-state index in [9.17, 15) is 8.42 Å². The van der Waals surface area contributed by atoms with Crippen molar-refractivity contribution in [1.29, 1.82) is 0 Å². The summed E-state index contributed by atoms with van der Waals surface area (Å²) in [5.74, 6) is 0. The first-order valence-corrected chi connectivity index (χ1v) is 8.08. The lowest BCUT2D eigenvalue weighted by molar-refractivity contribution is 0.197. The van der Waals surface area contributed by atoms with Gasteiger partial charge in [-0.05, 0) is 57.6 Å². The van der Waals surface area contributed by atoms with Crippen molar-refractivity contribution in [3.63, 3.8) is 0 Å². The molecule has 0 aliphatic carbocycles. The van der Waals surface area contributed by atoms with Crippen LogP contribution in [0.3, 0.4) is 0 Å². The summed E-state index contributed by atoms with van der Waals surface area (Å²) >= 11 is 0. The molecule has 5 heteroatoms. The monoisotopic (exact) mass is 282 g/mol. The molecule has 0 unspecified atom stereocenters. The molecule has 0 bridgehead atoms. The number of hydrogen-bond acceptors (Lipinski definition) is 3. The molecule has 1 saturated heterocycles. The first kappa shape index (κ1) is 14.5. The highest BCUT2D eigenvalue weighted by molar-refractivity contribution is 7.89. The van der Waals surface area contributed by atoms with Gasteiger partial charge in [0.15, 0.2) is 0 Å². The molecule has 0 aromatic heterocycles. The van der Waals surface area contributed by atoms with Gasteiger partial charge >= 0.3 is 0 Å². The van der Waals surface area contributed by atoms with Crippen LogP contribution in [0.25, 0.3) is 0 Å². The van der Waals surface area contributed by atoms with E-state index in [-0.39, 0.29) is 6.04 Å². The van der Waals surface area contributed by atoms with Crippen LogP contribution in [0.4, 0.5) is 0 Å². The smallest absolute Gasteiger partial charge is 0.243 e. The lowest BCUT2D eigenvalue weighted by Gasteiger charge is -2.34. The maximum absolute atomic E-state index is 12.6. The zero-order valence-electron chi connectivity index (χ0n) is 11.8. The average Bonchev–Trinajstić information content (AvgIpc) is 2.39. The summed E-state index contributed by atoms with van der Waals surface area (Å²) in [5, 5.41) is 0. The van der Waals surface area contributed by atoms with E-state index in [2.05, 4.69) is 11.9 Å². The second-order valence-electron chi connectivity index (χ2n) is 5.37. The first-order valence-electron chi connectivity index (χ1n) is 6.64. The fourth-order valence-corrected chi connectivity index (χ4v) is 4.02. The fourth-order valence-electron chi connectivity index (χ4n) is 2.50. The molecular formula is C14H22N2O2S. The molecule has 106 valence electrons. The zero-order valence-corrected chi connectivity index (χ0v) is 12.7. The Kier molecular flexibility index (Phi) is 4.28. The number of sulfonamides is 1. The molecule has 0 radical (unpaired) electrons. The third-order valence-corrected chi connectivity index (χ3v) is 5.77. The normalized spacial score (nSPS) is 18.9. The van der Waals surface area contributed by atoms with E-state index in [0.717, 1.165) is 31.5 Å². The van der Waals surface area contributed by atoms with Crippen LogP contribution in [0.1, 0.15) is 18.4 Å². The summed E-state index contributed by atoms with van der Waals surface area (Å²) in [5.41, 5.74) is 0.970. The number of nitrogens with zero attached hydrogens (tertiary/aromatic N) is 2. The molecule has 1 aromatic rings. The van der Waals surface area contributed by atoms with Crippen molar-refractivity contribution >= 4 is 10.0 Å². The summed E-state index contributed by atoms with van der Waals surface area (Å²) in [6, 6.07) is 7.23. The Labute approximate surface area is 116 Å². The molecule has 19 heavy (non-hydrogen) atoms. The van der Waals surface area contributed by atoms with Crippen LogP contribution in [0.2, 0.25) is 0 Å². The van der Waals surface area contributed by atoms with E-state index < -0.39 is 10.0 Å². The van der Waals surface area contributed by atoms with E-state index in [0.29, 0.717) is 4.90 Å². The van der Waals surface area contributed by atoms with Crippen molar-refractivity contribution in [3.8, 4) is 0 Å². The topological polar surface area (TPSA) is 40.6 Å². The van der Waals surface area contributed by atoms with Gasteiger partial charge < -0.3 is 4.90 Å². The van der Waals surface area contributed by atoms with Crippen molar-refractivity contribution in [3.05, 3.63) is 29.8 Å². The molecular weight excluding hydrogens is 260 g/mol. The largest absolute Gasteiger partial charge is 0.306 e. The Morgan fingerprint density at radius 1 is 1.26 bits per heavy atom. The summed E-state index contributed by atoms with van der Waals surface area (Å²) in [6.45, 7) is 3.82. The summed E-state index contributed by atoms with van der Waals surface area (Å²) in [6.07, 6.45) is 1.80. The second-order valence-corrected chi connectivity index (χ2v) is 7.37. The van der Waals surface area contributed by atoms with Crippen LogP contribution < -0.4 is 0 Å². The number of likely N-dealkylation sites (tertiary alicyclic amines) is 1. The number of aryl methyl sites for hydroxylation is 1. The van der Waals surface area contributed by atoms with Gasteiger partial charge in [0.05, 0.1) is 4.90 Å². The van der Waals surface area contributed by atoms with Crippen LogP contribution in [-0.2, 0) is 10.0 Å². The standard InChI is InChI=1S/C14H22N2O2S/c1-12-5-4-6-14(11-12)19(17,18)16(3)13-7-9-15(2)10-8-13/h4-6,11,13H,7-10H2,1-3H3. The maximum Gasteiger partial charge on any atom is 0.243 e. The molecule has 0 atom stereocenters. The molecule has 1 aromatic carbocycles. The van der Waals surface area contributed by atoms with E-state index in [1.807, 2.05) is 13.0 Å². The maximum atomic E-state index is 12.6. The summed E-state index contributed by atoms with van der Waals surface area (Å²) < 4.78 is 26.7. The SMILES string of the molecule is Cc1cccc(S(=O)(=O)N(C)C2CCN(C)CC2)c1. The molecule has 0 spiro atoms. The highest BCUT2D eigenvalue weighted by Gasteiger charge is 2.29. The molecule has 1 aliphatic rings. The van der Waals surface area contributed by atoms with Crippen molar-refractivity contribution in [2.45, 2.75) is 30.7 Å². The van der Waals surface area contributed by atoms with Crippen LogP contribution in [0, 0.1) is 6.92 Å². The van der Waals surface area contributed by atoms with Gasteiger partial charge in [0.1, 0.15) is 0 Å². The Morgan fingerprint density at radius 3 is 2.47 bits per heavy atom. The molecule has 1 fully saturated rings. The third kappa shape index (κ3) is 3.16. The molecule has 0 saturated carbocycles. The minimum Gasteiger partial charge on any atom is -0.306 e. The van der Waals surface area contributed by atoms with Gasteiger partial charge in [-0.2, -0.15) is 4.31 Å². The van der Waals surface area contributed by atoms with Gasteiger partial charge in [-0.25, -0.2) is 8.42 Å². The van der Waals surface area contributed by atoms with Gasteiger partial charge in [-0.15, -0.1) is 0 Å². The summed E-state index contributed by atoms with van der Waals surface area (Å²) in [7, 11) is 0.413. The van der Waals surface area contributed by atoms with E-state index in [1.165, 1.54) is 0 Å². The van der Waals surface area contributed by atoms with Gasteiger partial charge in [0.25, 0.3) is 0 Å². The van der Waals surface area contributed by atoms with Crippen LogP contribution >= 0.6 is 0 Å². The Hall–Kier alpha value is -0.910. The van der Waals surface area contributed by atoms with Crippen molar-refractivity contribution in [2.75, 3.05) is 27.2 Å². The van der Waals surface area contributed by atoms with Crippen molar-refractivity contribution in [1.82, 2.24) is 9.21 Å². The van der Waals surface area contributed by atoms with E-state index >= 15 is 0 Å². The minimum atomic E-state index is -3.36. The number of piperidine rings is 1. The van der Waals surface area contributed by atoms with Gasteiger partial charge in [0.2, 0.25) is 10.0 Å². The third-order valence-electron chi connectivity index (χ3n) is 3.87. The second kappa shape index (κ2) is 5.61. The predicted molar refractivity (Wildman–Crippen MR) is 76.6 cm³/mol. The molecule has 4 nitrogen and oxygen atoms in total. The van der Waals surface area contributed by atoms with Crippen LogP contribution in [-0.4, -0.2) is 50.8 Å².